The van der Waals surface area contributed by atoms with Crippen molar-refractivity contribution in [2.24, 2.45) is 0 Å². The van der Waals surface area contributed by atoms with Crippen molar-refractivity contribution < 1.29 is 28.1 Å². The fourth-order valence-electron chi connectivity index (χ4n) is 3.61. The molecule has 0 unspecified atom stereocenters. The van der Waals surface area contributed by atoms with E-state index in [1.54, 1.807) is 38.5 Å². The van der Waals surface area contributed by atoms with Gasteiger partial charge in [-0.25, -0.2) is 0 Å². The summed E-state index contributed by atoms with van der Waals surface area (Å²) in [6, 6.07) is 18.1. The van der Waals surface area contributed by atoms with Gasteiger partial charge in [0.1, 0.15) is 23.3 Å². The Hall–Kier alpha value is -4.13. The van der Waals surface area contributed by atoms with E-state index in [2.05, 4.69) is 0 Å². The summed E-state index contributed by atoms with van der Waals surface area (Å²) in [4.78, 5) is 13.1. The Labute approximate surface area is 191 Å². The smallest absolute Gasteiger partial charge is 0.204 e. The van der Waals surface area contributed by atoms with Crippen LogP contribution in [0, 0.1) is 0 Å². The van der Waals surface area contributed by atoms with E-state index < -0.39 is 0 Å². The molecular formula is C26H24O7. The Kier molecular flexibility index (Phi) is 6.40. The van der Waals surface area contributed by atoms with Crippen molar-refractivity contribution >= 4 is 11.0 Å². The van der Waals surface area contributed by atoms with Crippen LogP contribution in [-0.2, 0) is 6.61 Å². The third-order valence-electron chi connectivity index (χ3n) is 5.21. The lowest BCUT2D eigenvalue weighted by atomic mass is 10.1. The van der Waals surface area contributed by atoms with E-state index in [0.717, 1.165) is 5.56 Å². The van der Waals surface area contributed by atoms with Gasteiger partial charge < -0.3 is 28.1 Å². The number of hydrogen-bond acceptors (Lipinski definition) is 7. The van der Waals surface area contributed by atoms with Crippen LogP contribution >= 0.6 is 0 Å². The molecular weight excluding hydrogens is 424 g/mol. The molecule has 0 amide bonds. The van der Waals surface area contributed by atoms with Crippen molar-refractivity contribution in [1.82, 2.24) is 0 Å². The van der Waals surface area contributed by atoms with Crippen LogP contribution in [0.1, 0.15) is 5.56 Å². The molecule has 0 aliphatic carbocycles. The van der Waals surface area contributed by atoms with Gasteiger partial charge in [-0.3, -0.25) is 4.79 Å². The standard InChI is InChI=1S/C26H24O7/c1-28-19-11-10-17(12-21(19)29-2)20-13-18(27)24-22(33-20)14-23(25(30-3)26(24)31-4)32-15-16-8-6-5-7-9-16/h5-14H,15H2,1-4H3. The molecule has 4 aromatic rings. The minimum atomic E-state index is -0.272. The Morgan fingerprint density at radius 2 is 1.45 bits per heavy atom. The van der Waals surface area contributed by atoms with E-state index in [9.17, 15) is 4.79 Å². The van der Waals surface area contributed by atoms with Gasteiger partial charge in [-0.05, 0) is 23.8 Å². The number of benzene rings is 3. The van der Waals surface area contributed by atoms with Gasteiger partial charge in [0.15, 0.2) is 28.4 Å². The third kappa shape index (κ3) is 4.30. The zero-order valence-electron chi connectivity index (χ0n) is 18.8. The summed E-state index contributed by atoms with van der Waals surface area (Å²) in [5.74, 6) is 2.45. The minimum Gasteiger partial charge on any atom is -0.493 e. The second kappa shape index (κ2) is 9.56. The van der Waals surface area contributed by atoms with E-state index >= 15 is 0 Å². The molecule has 0 saturated heterocycles. The second-order valence-electron chi connectivity index (χ2n) is 7.13. The molecule has 0 N–H and O–H groups in total. The number of ether oxygens (including phenoxy) is 5. The number of fused-ring (bicyclic) bond motifs is 1. The molecule has 170 valence electrons. The molecule has 0 radical (unpaired) electrons. The summed E-state index contributed by atoms with van der Waals surface area (Å²) < 4.78 is 33.9. The molecule has 0 aliphatic rings. The van der Waals surface area contributed by atoms with E-state index in [4.69, 9.17) is 28.1 Å². The normalized spacial score (nSPS) is 10.7. The number of hydrogen-bond donors (Lipinski definition) is 0. The highest BCUT2D eigenvalue weighted by molar-refractivity contribution is 5.90. The van der Waals surface area contributed by atoms with Crippen LogP contribution in [-0.4, -0.2) is 28.4 Å². The molecule has 0 saturated carbocycles. The monoisotopic (exact) mass is 448 g/mol. The molecule has 0 spiro atoms. The fraction of sp³-hybridized carbons (Fsp3) is 0.192. The molecule has 0 atom stereocenters. The predicted molar refractivity (Wildman–Crippen MR) is 125 cm³/mol. The summed E-state index contributed by atoms with van der Waals surface area (Å²) in [5, 5.41) is 0.269. The van der Waals surface area contributed by atoms with Gasteiger partial charge in [0.2, 0.25) is 5.75 Å². The maximum absolute atomic E-state index is 13.1. The largest absolute Gasteiger partial charge is 0.493 e. The third-order valence-corrected chi connectivity index (χ3v) is 5.21. The lowest BCUT2D eigenvalue weighted by Gasteiger charge is -2.16. The molecule has 0 fully saturated rings. The number of rotatable bonds is 8. The summed E-state index contributed by atoms with van der Waals surface area (Å²) in [6.07, 6.45) is 0. The van der Waals surface area contributed by atoms with Crippen LogP contribution < -0.4 is 29.1 Å². The fourth-order valence-corrected chi connectivity index (χ4v) is 3.61. The molecule has 0 aliphatic heterocycles. The second-order valence-corrected chi connectivity index (χ2v) is 7.13. The van der Waals surface area contributed by atoms with Crippen LogP contribution in [0.5, 0.6) is 28.7 Å². The lowest BCUT2D eigenvalue weighted by Crippen LogP contribution is -2.06. The van der Waals surface area contributed by atoms with Gasteiger partial charge in [0, 0.05) is 17.7 Å². The zero-order chi connectivity index (χ0) is 23.4. The number of methoxy groups -OCH3 is 4. The molecule has 1 aromatic heterocycles. The molecule has 33 heavy (non-hydrogen) atoms. The maximum atomic E-state index is 13.1. The van der Waals surface area contributed by atoms with Gasteiger partial charge in [-0.15, -0.1) is 0 Å². The van der Waals surface area contributed by atoms with Gasteiger partial charge in [-0.1, -0.05) is 30.3 Å². The van der Waals surface area contributed by atoms with E-state index in [1.807, 2.05) is 30.3 Å². The average molecular weight is 448 g/mol. The average Bonchev–Trinajstić information content (AvgIpc) is 2.86. The van der Waals surface area contributed by atoms with Crippen molar-refractivity contribution in [3.63, 3.8) is 0 Å². The summed E-state index contributed by atoms with van der Waals surface area (Å²) >= 11 is 0. The molecule has 4 rings (SSSR count). The first kappa shape index (κ1) is 22.1. The van der Waals surface area contributed by atoms with Crippen molar-refractivity contribution in [3.05, 3.63) is 76.5 Å². The molecule has 7 heteroatoms. The van der Waals surface area contributed by atoms with Gasteiger partial charge in [0.25, 0.3) is 0 Å². The lowest BCUT2D eigenvalue weighted by molar-refractivity contribution is 0.276. The van der Waals surface area contributed by atoms with Crippen molar-refractivity contribution in [1.29, 1.82) is 0 Å². The molecule has 3 aromatic carbocycles. The predicted octanol–water partition coefficient (Wildman–Crippen LogP) is 5.07. The molecule has 1 heterocycles. The first-order chi connectivity index (χ1) is 16.1. The van der Waals surface area contributed by atoms with Crippen molar-refractivity contribution in [2.75, 3.05) is 28.4 Å². The van der Waals surface area contributed by atoms with Crippen LogP contribution in [0.15, 0.2) is 69.9 Å². The Balaban J connectivity index is 1.84. The quantitative estimate of drug-likeness (QED) is 0.372. The minimum absolute atomic E-state index is 0.255. The highest BCUT2D eigenvalue weighted by Crippen LogP contribution is 2.43. The Bertz CT molecular complexity index is 1330. The first-order valence-electron chi connectivity index (χ1n) is 10.2. The Morgan fingerprint density at radius 1 is 0.727 bits per heavy atom. The highest BCUT2D eigenvalue weighted by Gasteiger charge is 2.21. The SMILES string of the molecule is COc1ccc(-c2cc(=O)c3c(OC)c(OC)c(OCc4ccccc4)cc3o2)cc1OC. The van der Waals surface area contributed by atoms with Gasteiger partial charge in [0.05, 0.1) is 28.4 Å². The van der Waals surface area contributed by atoms with Crippen LogP contribution in [0.25, 0.3) is 22.3 Å². The molecule has 0 bridgehead atoms. The van der Waals surface area contributed by atoms with Crippen LogP contribution in [0.3, 0.4) is 0 Å². The van der Waals surface area contributed by atoms with E-state index in [1.165, 1.54) is 20.3 Å². The van der Waals surface area contributed by atoms with Crippen molar-refractivity contribution in [2.45, 2.75) is 6.61 Å². The van der Waals surface area contributed by atoms with E-state index in [0.29, 0.717) is 46.5 Å². The topological polar surface area (TPSA) is 76.4 Å². The first-order valence-corrected chi connectivity index (χ1v) is 10.2. The van der Waals surface area contributed by atoms with Gasteiger partial charge >= 0.3 is 0 Å². The maximum Gasteiger partial charge on any atom is 0.204 e. The van der Waals surface area contributed by atoms with Crippen LogP contribution in [0.4, 0.5) is 0 Å². The summed E-state index contributed by atoms with van der Waals surface area (Å²) in [7, 11) is 6.08. The highest BCUT2D eigenvalue weighted by atomic mass is 16.5. The van der Waals surface area contributed by atoms with Crippen LogP contribution in [0.2, 0.25) is 0 Å². The summed E-state index contributed by atoms with van der Waals surface area (Å²) in [5.41, 5.74) is 1.69. The van der Waals surface area contributed by atoms with Crippen molar-refractivity contribution in [3.8, 4) is 40.1 Å². The van der Waals surface area contributed by atoms with E-state index in [-0.39, 0.29) is 16.6 Å². The van der Waals surface area contributed by atoms with Gasteiger partial charge in [-0.2, -0.15) is 0 Å². The Morgan fingerprint density at radius 3 is 2.12 bits per heavy atom. The summed E-state index contributed by atoms with van der Waals surface area (Å²) in [6.45, 7) is 0.311. The zero-order valence-corrected chi connectivity index (χ0v) is 18.8. The molecule has 7 nitrogen and oxygen atoms in total.